The molecule has 1 saturated heterocycles. The fraction of sp³-hybridized carbons (Fsp3) is 0.333. The Morgan fingerprint density at radius 3 is 2.31 bits per heavy atom. The van der Waals surface area contributed by atoms with Gasteiger partial charge in [-0.3, -0.25) is 9.59 Å². The largest absolute Gasteiger partial charge is 0.507 e. The van der Waals surface area contributed by atoms with Gasteiger partial charge in [0, 0.05) is 12.1 Å². The van der Waals surface area contributed by atoms with E-state index in [0.29, 0.717) is 12.1 Å². The van der Waals surface area contributed by atoms with Crippen LogP contribution in [0.5, 0.6) is 0 Å². The van der Waals surface area contributed by atoms with Gasteiger partial charge in [-0.1, -0.05) is 54.1 Å². The van der Waals surface area contributed by atoms with Crippen molar-refractivity contribution in [3.63, 3.8) is 0 Å². The number of Topliss-reactive ketones (excluding diaryl/α,β-unsaturated/α-hetero) is 1. The molecule has 0 radical (unpaired) electrons. The predicted octanol–water partition coefficient (Wildman–Crippen LogP) is 3.68. The van der Waals surface area contributed by atoms with Gasteiger partial charge in [0.25, 0.3) is 11.7 Å². The lowest BCUT2D eigenvalue weighted by molar-refractivity contribution is -0.139. The zero-order chi connectivity index (χ0) is 21.1. The zero-order valence-corrected chi connectivity index (χ0v) is 17.5. The van der Waals surface area contributed by atoms with E-state index >= 15 is 0 Å². The summed E-state index contributed by atoms with van der Waals surface area (Å²) in [7, 11) is 3.95. The molecule has 0 aliphatic carbocycles. The van der Waals surface area contributed by atoms with Crippen LogP contribution in [0.2, 0.25) is 0 Å². The zero-order valence-electron chi connectivity index (χ0n) is 17.5. The van der Waals surface area contributed by atoms with E-state index in [9.17, 15) is 14.7 Å². The summed E-state index contributed by atoms with van der Waals surface area (Å²) < 4.78 is 0. The summed E-state index contributed by atoms with van der Waals surface area (Å²) in [5, 5.41) is 11.0. The van der Waals surface area contributed by atoms with Crippen molar-refractivity contribution in [1.29, 1.82) is 0 Å². The Morgan fingerprint density at radius 2 is 1.69 bits per heavy atom. The van der Waals surface area contributed by atoms with E-state index in [1.165, 1.54) is 0 Å². The molecule has 1 aliphatic rings. The summed E-state index contributed by atoms with van der Waals surface area (Å²) in [5.41, 5.74) is 3.61. The summed E-state index contributed by atoms with van der Waals surface area (Å²) in [5.74, 6) is -1.29. The Bertz CT molecular complexity index is 945. The van der Waals surface area contributed by atoms with Crippen LogP contribution in [0.15, 0.2) is 54.1 Å². The van der Waals surface area contributed by atoms with Gasteiger partial charge in [-0.05, 0) is 52.0 Å². The summed E-state index contributed by atoms with van der Waals surface area (Å²) in [6.07, 6.45) is 0.743. The van der Waals surface area contributed by atoms with Crippen LogP contribution >= 0.6 is 0 Å². The first-order valence-electron chi connectivity index (χ1n) is 9.87. The van der Waals surface area contributed by atoms with Crippen molar-refractivity contribution in [3.05, 3.63) is 76.4 Å². The van der Waals surface area contributed by atoms with E-state index in [0.717, 1.165) is 29.7 Å². The minimum atomic E-state index is -0.624. The molecule has 1 N–H and O–H groups in total. The number of likely N-dealkylation sites (tertiary alicyclic amines) is 1. The van der Waals surface area contributed by atoms with Gasteiger partial charge in [-0.25, -0.2) is 0 Å². The first kappa shape index (κ1) is 20.8. The molecule has 152 valence electrons. The SMILES string of the molecule is Cc1ccc(/C(O)=C2/C(=O)C(=O)N(CCCN(C)C)C2c2ccccc2C)cc1. The number of carbonyl (C=O) groups excluding carboxylic acids is 2. The number of rotatable bonds is 6. The van der Waals surface area contributed by atoms with Crippen LogP contribution in [0.1, 0.15) is 34.7 Å². The van der Waals surface area contributed by atoms with Crippen LogP contribution in [0.25, 0.3) is 5.76 Å². The molecule has 1 fully saturated rings. The Kier molecular flexibility index (Phi) is 6.18. The highest BCUT2D eigenvalue weighted by Gasteiger charge is 2.46. The molecule has 0 bridgehead atoms. The number of aryl methyl sites for hydroxylation is 2. The number of hydrogen-bond acceptors (Lipinski definition) is 4. The summed E-state index contributed by atoms with van der Waals surface area (Å²) in [6, 6.07) is 14.4. The third kappa shape index (κ3) is 4.25. The van der Waals surface area contributed by atoms with Gasteiger partial charge in [0.2, 0.25) is 0 Å². The molecule has 1 atom stereocenters. The third-order valence-corrected chi connectivity index (χ3v) is 5.35. The number of ketones is 1. The second-order valence-electron chi connectivity index (χ2n) is 7.87. The molecule has 29 heavy (non-hydrogen) atoms. The number of nitrogens with zero attached hydrogens (tertiary/aromatic N) is 2. The number of aliphatic hydroxyl groups is 1. The molecule has 0 aromatic heterocycles. The molecule has 2 aromatic carbocycles. The van der Waals surface area contributed by atoms with Crippen molar-refractivity contribution in [3.8, 4) is 0 Å². The Morgan fingerprint density at radius 1 is 1.03 bits per heavy atom. The third-order valence-electron chi connectivity index (χ3n) is 5.35. The minimum absolute atomic E-state index is 0.119. The highest BCUT2D eigenvalue weighted by atomic mass is 16.3. The minimum Gasteiger partial charge on any atom is -0.507 e. The van der Waals surface area contributed by atoms with Crippen LogP contribution in [0.4, 0.5) is 0 Å². The Labute approximate surface area is 172 Å². The molecule has 5 heteroatoms. The van der Waals surface area contributed by atoms with Crippen LogP contribution < -0.4 is 0 Å². The Hall–Kier alpha value is -2.92. The fourth-order valence-corrected chi connectivity index (χ4v) is 3.75. The van der Waals surface area contributed by atoms with E-state index in [4.69, 9.17) is 0 Å². The fourth-order valence-electron chi connectivity index (χ4n) is 3.75. The van der Waals surface area contributed by atoms with Crippen molar-refractivity contribution in [2.24, 2.45) is 0 Å². The lowest BCUT2D eigenvalue weighted by Crippen LogP contribution is -2.32. The molecule has 0 saturated carbocycles. The maximum Gasteiger partial charge on any atom is 0.295 e. The molecule has 1 unspecified atom stereocenters. The van der Waals surface area contributed by atoms with E-state index in [-0.39, 0.29) is 11.3 Å². The quantitative estimate of drug-likeness (QED) is 0.463. The second-order valence-corrected chi connectivity index (χ2v) is 7.87. The first-order valence-corrected chi connectivity index (χ1v) is 9.87. The van der Waals surface area contributed by atoms with Gasteiger partial charge >= 0.3 is 0 Å². The average Bonchev–Trinajstić information content (AvgIpc) is 2.93. The average molecular weight is 392 g/mol. The van der Waals surface area contributed by atoms with Gasteiger partial charge in [0.15, 0.2) is 0 Å². The number of amides is 1. The summed E-state index contributed by atoms with van der Waals surface area (Å²) in [6.45, 7) is 5.18. The van der Waals surface area contributed by atoms with Crippen LogP contribution in [-0.2, 0) is 9.59 Å². The van der Waals surface area contributed by atoms with Gasteiger partial charge in [0.05, 0.1) is 11.6 Å². The second kappa shape index (κ2) is 8.62. The molecule has 1 aliphatic heterocycles. The van der Waals surface area contributed by atoms with Crippen LogP contribution in [-0.4, -0.2) is 53.8 Å². The molecule has 3 rings (SSSR count). The monoisotopic (exact) mass is 392 g/mol. The van der Waals surface area contributed by atoms with Crippen molar-refractivity contribution >= 4 is 17.4 Å². The smallest absolute Gasteiger partial charge is 0.295 e. The lowest BCUT2D eigenvalue weighted by Gasteiger charge is -2.27. The molecule has 0 spiro atoms. The van der Waals surface area contributed by atoms with Crippen LogP contribution in [0, 0.1) is 13.8 Å². The number of benzene rings is 2. The van der Waals surface area contributed by atoms with E-state index in [1.54, 1.807) is 17.0 Å². The predicted molar refractivity (Wildman–Crippen MR) is 115 cm³/mol. The molecule has 5 nitrogen and oxygen atoms in total. The molecule has 2 aromatic rings. The van der Waals surface area contributed by atoms with Crippen molar-refractivity contribution in [1.82, 2.24) is 9.80 Å². The van der Waals surface area contributed by atoms with Crippen molar-refractivity contribution < 1.29 is 14.7 Å². The molecule has 1 heterocycles. The summed E-state index contributed by atoms with van der Waals surface area (Å²) >= 11 is 0. The summed E-state index contributed by atoms with van der Waals surface area (Å²) in [4.78, 5) is 29.5. The van der Waals surface area contributed by atoms with E-state index < -0.39 is 17.7 Å². The molecular weight excluding hydrogens is 364 g/mol. The van der Waals surface area contributed by atoms with Crippen LogP contribution in [0.3, 0.4) is 0 Å². The topological polar surface area (TPSA) is 60.9 Å². The van der Waals surface area contributed by atoms with Gasteiger partial charge in [-0.15, -0.1) is 0 Å². The standard InChI is InChI=1S/C24H28N2O3/c1-16-10-12-18(13-11-16)22(27)20-21(19-9-6-5-8-17(19)2)26(24(29)23(20)28)15-7-14-25(3)4/h5-6,8-13,21,27H,7,14-15H2,1-4H3/b22-20-. The first-order chi connectivity index (χ1) is 13.8. The van der Waals surface area contributed by atoms with Gasteiger partial charge in [0.1, 0.15) is 5.76 Å². The van der Waals surface area contributed by atoms with Gasteiger partial charge < -0.3 is 14.9 Å². The number of carbonyl (C=O) groups is 2. The van der Waals surface area contributed by atoms with Gasteiger partial charge in [-0.2, -0.15) is 0 Å². The molecular formula is C24H28N2O3. The highest BCUT2D eigenvalue weighted by Crippen LogP contribution is 2.40. The Balaban J connectivity index is 2.11. The highest BCUT2D eigenvalue weighted by molar-refractivity contribution is 6.46. The number of hydrogen-bond donors (Lipinski definition) is 1. The maximum atomic E-state index is 13.0. The van der Waals surface area contributed by atoms with Crippen molar-refractivity contribution in [2.75, 3.05) is 27.2 Å². The van der Waals surface area contributed by atoms with E-state index in [2.05, 4.69) is 0 Å². The normalized spacial score (nSPS) is 18.7. The van der Waals surface area contributed by atoms with E-state index in [1.807, 2.05) is 69.2 Å². The molecule has 1 amide bonds. The number of aliphatic hydroxyl groups excluding tert-OH is 1. The lowest BCUT2D eigenvalue weighted by atomic mass is 9.92. The maximum absolute atomic E-state index is 13.0. The van der Waals surface area contributed by atoms with Crippen molar-refractivity contribution in [2.45, 2.75) is 26.3 Å².